The average Bonchev–Trinajstić information content (AvgIpc) is 3.37. The van der Waals surface area contributed by atoms with E-state index >= 15 is 0 Å². The Hall–Kier alpha value is -3.40. The Labute approximate surface area is 137 Å². The predicted molar refractivity (Wildman–Crippen MR) is 90.7 cm³/mol. The molecule has 0 saturated heterocycles. The molecule has 116 valence electrons. The van der Waals surface area contributed by atoms with Crippen molar-refractivity contribution < 1.29 is 17.7 Å². The van der Waals surface area contributed by atoms with Gasteiger partial charge in [-0.15, -0.1) is 0 Å². The molecular formula is C20H12O4. The van der Waals surface area contributed by atoms with E-state index in [-0.39, 0.29) is 0 Å². The highest BCUT2D eigenvalue weighted by Gasteiger charge is 2.10. The molecule has 8 bridgehead atoms. The zero-order chi connectivity index (χ0) is 15.9. The van der Waals surface area contributed by atoms with E-state index in [4.69, 9.17) is 17.7 Å². The van der Waals surface area contributed by atoms with Crippen molar-refractivity contribution in [3.8, 4) is 23.0 Å². The van der Waals surface area contributed by atoms with Crippen LogP contribution in [-0.2, 0) is 0 Å². The molecule has 1 aliphatic rings. The van der Waals surface area contributed by atoms with Crippen molar-refractivity contribution in [1.29, 1.82) is 0 Å². The number of fused-ring (bicyclic) bond motifs is 10. The largest absolute Gasteiger partial charge is 0.453 e. The van der Waals surface area contributed by atoms with Gasteiger partial charge in [-0.2, -0.15) is 0 Å². The molecule has 5 heterocycles. The minimum Gasteiger partial charge on any atom is -0.453 e. The normalized spacial score (nSPS) is 15.3. The van der Waals surface area contributed by atoms with Gasteiger partial charge in [0.1, 0.15) is 23.0 Å². The first-order chi connectivity index (χ1) is 11.8. The maximum atomic E-state index is 5.79. The molecule has 4 heteroatoms. The van der Waals surface area contributed by atoms with Crippen LogP contribution < -0.4 is 0 Å². The van der Waals surface area contributed by atoms with Crippen molar-refractivity contribution in [2.75, 3.05) is 0 Å². The minimum absolute atomic E-state index is 0.682. The molecule has 0 aliphatic carbocycles. The molecule has 4 aromatic heterocycles. The first-order valence-corrected chi connectivity index (χ1v) is 7.60. The van der Waals surface area contributed by atoms with Crippen LogP contribution in [0.1, 0.15) is 23.0 Å². The smallest absolute Gasteiger partial charge is 0.170 e. The molecule has 5 rings (SSSR count). The summed E-state index contributed by atoms with van der Waals surface area (Å²) in [4.78, 5) is 0. The second-order valence-electron chi connectivity index (χ2n) is 5.47. The molecule has 0 aromatic carbocycles. The fraction of sp³-hybridized carbons (Fsp3) is 0. The van der Waals surface area contributed by atoms with E-state index < -0.39 is 0 Å². The Kier molecular flexibility index (Phi) is 2.76. The van der Waals surface area contributed by atoms with Gasteiger partial charge in [-0.1, -0.05) is 0 Å². The molecule has 0 N–H and O–H groups in total. The van der Waals surface area contributed by atoms with Crippen molar-refractivity contribution in [3.05, 3.63) is 71.6 Å². The molecule has 4 nitrogen and oxygen atoms in total. The number of rotatable bonds is 0. The van der Waals surface area contributed by atoms with Crippen molar-refractivity contribution in [1.82, 2.24) is 0 Å². The van der Waals surface area contributed by atoms with Crippen LogP contribution in [0.2, 0.25) is 0 Å². The van der Waals surface area contributed by atoms with Crippen LogP contribution in [0.15, 0.2) is 66.2 Å². The second kappa shape index (κ2) is 5.06. The lowest BCUT2D eigenvalue weighted by Crippen LogP contribution is -1.68. The van der Waals surface area contributed by atoms with Crippen molar-refractivity contribution in [2.24, 2.45) is 0 Å². The highest BCUT2D eigenvalue weighted by molar-refractivity contribution is 5.70. The van der Waals surface area contributed by atoms with Crippen LogP contribution in [0.5, 0.6) is 0 Å². The van der Waals surface area contributed by atoms with Crippen LogP contribution in [0.25, 0.3) is 47.3 Å². The zero-order valence-electron chi connectivity index (χ0n) is 12.6. The number of furan rings is 4. The molecular weight excluding hydrogens is 304 g/mol. The van der Waals surface area contributed by atoms with E-state index in [1.165, 1.54) is 0 Å². The molecule has 0 unspecified atom stereocenters. The Morgan fingerprint density at radius 1 is 0.333 bits per heavy atom. The Morgan fingerprint density at radius 2 is 0.583 bits per heavy atom. The van der Waals surface area contributed by atoms with E-state index in [1.54, 1.807) is 0 Å². The SMILES string of the molecule is C1=C\c2ccc(o2)-c2ccc(o2)/C=C\c2ccc(o2)-c2ccc/1o2. The lowest BCUT2D eigenvalue weighted by molar-refractivity contribution is 0.511. The summed E-state index contributed by atoms with van der Waals surface area (Å²) in [5, 5.41) is 0. The molecule has 1 aliphatic heterocycles. The first kappa shape index (κ1) is 13.1. The van der Waals surface area contributed by atoms with Gasteiger partial charge in [0.25, 0.3) is 0 Å². The fourth-order valence-electron chi connectivity index (χ4n) is 2.63. The van der Waals surface area contributed by atoms with E-state index in [0.717, 1.165) is 23.0 Å². The molecule has 24 heavy (non-hydrogen) atoms. The standard InChI is InChI=1S/C20H12O4/c1-2-14-6-10-19(22-14)20-12-8-16(24-20)4-3-15-7-11-18(23-15)17-9-5-13(1)21-17/h1-12H/b2-1-,4-3-,13-1?,14-2?,15-3?,16-4?,18-17?,20-19?. The minimum atomic E-state index is 0.682. The molecule has 4 aromatic rings. The summed E-state index contributed by atoms with van der Waals surface area (Å²) >= 11 is 0. The van der Waals surface area contributed by atoms with Gasteiger partial charge >= 0.3 is 0 Å². The van der Waals surface area contributed by atoms with Gasteiger partial charge in [0.2, 0.25) is 0 Å². The summed E-state index contributed by atoms with van der Waals surface area (Å²) in [7, 11) is 0. The van der Waals surface area contributed by atoms with E-state index in [1.807, 2.05) is 72.8 Å². The monoisotopic (exact) mass is 316 g/mol. The Morgan fingerprint density at radius 3 is 0.833 bits per heavy atom. The topological polar surface area (TPSA) is 52.6 Å². The van der Waals surface area contributed by atoms with Crippen LogP contribution in [-0.4, -0.2) is 0 Å². The lowest BCUT2D eigenvalue weighted by atomic mass is 10.3. The molecule has 0 radical (unpaired) electrons. The van der Waals surface area contributed by atoms with Gasteiger partial charge < -0.3 is 17.7 Å². The highest BCUT2D eigenvalue weighted by Crippen LogP contribution is 2.29. The van der Waals surface area contributed by atoms with Crippen LogP contribution >= 0.6 is 0 Å². The fourth-order valence-corrected chi connectivity index (χ4v) is 2.63. The van der Waals surface area contributed by atoms with E-state index in [2.05, 4.69) is 0 Å². The highest BCUT2D eigenvalue weighted by atomic mass is 16.4. The molecule has 0 saturated carbocycles. The van der Waals surface area contributed by atoms with E-state index in [0.29, 0.717) is 23.0 Å². The van der Waals surface area contributed by atoms with Gasteiger partial charge in [0.05, 0.1) is 0 Å². The quantitative estimate of drug-likeness (QED) is 0.349. The Bertz CT molecular complexity index is 894. The van der Waals surface area contributed by atoms with E-state index in [9.17, 15) is 0 Å². The van der Waals surface area contributed by atoms with Gasteiger partial charge in [-0.05, 0) is 72.8 Å². The lowest BCUT2D eigenvalue weighted by Gasteiger charge is -1.92. The van der Waals surface area contributed by atoms with Crippen LogP contribution in [0.3, 0.4) is 0 Å². The van der Waals surface area contributed by atoms with Crippen molar-refractivity contribution in [2.45, 2.75) is 0 Å². The first-order valence-electron chi connectivity index (χ1n) is 7.60. The van der Waals surface area contributed by atoms with Gasteiger partial charge in [0, 0.05) is 0 Å². The molecule has 0 spiro atoms. The molecule has 0 atom stereocenters. The summed E-state index contributed by atoms with van der Waals surface area (Å²) in [5.41, 5.74) is 0. The third-order valence-corrected chi connectivity index (χ3v) is 3.82. The third-order valence-electron chi connectivity index (χ3n) is 3.82. The average molecular weight is 316 g/mol. The number of hydrogen-bond donors (Lipinski definition) is 0. The van der Waals surface area contributed by atoms with Crippen molar-refractivity contribution >= 4 is 24.3 Å². The zero-order valence-corrected chi connectivity index (χ0v) is 12.6. The second-order valence-corrected chi connectivity index (χ2v) is 5.47. The van der Waals surface area contributed by atoms with Crippen LogP contribution in [0.4, 0.5) is 0 Å². The summed E-state index contributed by atoms with van der Waals surface area (Å²) in [5.74, 6) is 5.63. The summed E-state index contributed by atoms with van der Waals surface area (Å²) in [6.07, 6.45) is 7.43. The maximum absolute atomic E-state index is 5.79. The molecule has 0 amide bonds. The number of hydrogen-bond acceptors (Lipinski definition) is 4. The summed E-state index contributed by atoms with van der Waals surface area (Å²) in [6, 6.07) is 15.1. The van der Waals surface area contributed by atoms with Crippen LogP contribution in [0, 0.1) is 0 Å². The van der Waals surface area contributed by atoms with Gasteiger partial charge in [-0.3, -0.25) is 0 Å². The molecule has 0 fully saturated rings. The Balaban J connectivity index is 1.66. The third kappa shape index (κ3) is 2.25. The maximum Gasteiger partial charge on any atom is 0.170 e. The summed E-state index contributed by atoms with van der Waals surface area (Å²) < 4.78 is 23.2. The van der Waals surface area contributed by atoms with Crippen molar-refractivity contribution in [3.63, 3.8) is 0 Å². The van der Waals surface area contributed by atoms with Gasteiger partial charge in [-0.25, -0.2) is 0 Å². The predicted octanol–water partition coefficient (Wildman–Crippen LogP) is 6.05. The van der Waals surface area contributed by atoms with Gasteiger partial charge in [0.15, 0.2) is 23.0 Å². The summed E-state index contributed by atoms with van der Waals surface area (Å²) in [6.45, 7) is 0.